The topological polar surface area (TPSA) is 97.4 Å². The third kappa shape index (κ3) is 5.59. The standard InChI is InChI=1S/C25H29N3O6/c1-17(2)33-19-9-7-18(8-10-19)24(30)26-15-23(29)27-11-13-28(14-12-27)25(31)22-16-32-20-5-3-4-6-21(20)34-22/h3-10,17,22H,11-16H2,1-2H3,(H,26,30). The highest BCUT2D eigenvalue weighted by Crippen LogP contribution is 2.31. The van der Waals surface area contributed by atoms with E-state index in [-0.39, 0.29) is 37.0 Å². The lowest BCUT2D eigenvalue weighted by molar-refractivity contribution is -0.146. The summed E-state index contributed by atoms with van der Waals surface area (Å²) in [6.45, 7) is 5.50. The van der Waals surface area contributed by atoms with Gasteiger partial charge in [0.15, 0.2) is 11.5 Å². The number of ether oxygens (including phenoxy) is 3. The van der Waals surface area contributed by atoms with Gasteiger partial charge in [0.2, 0.25) is 12.0 Å². The molecule has 0 aromatic heterocycles. The number of carbonyl (C=O) groups is 3. The zero-order valence-corrected chi connectivity index (χ0v) is 19.4. The molecule has 3 amide bonds. The lowest BCUT2D eigenvalue weighted by Gasteiger charge is -2.37. The molecule has 1 atom stereocenters. The molecule has 1 fully saturated rings. The van der Waals surface area contributed by atoms with Crippen LogP contribution in [0.3, 0.4) is 0 Å². The van der Waals surface area contributed by atoms with Crippen molar-refractivity contribution in [2.75, 3.05) is 39.3 Å². The number of hydrogen-bond donors (Lipinski definition) is 1. The van der Waals surface area contributed by atoms with E-state index < -0.39 is 6.10 Å². The van der Waals surface area contributed by atoms with Crippen LogP contribution >= 0.6 is 0 Å². The van der Waals surface area contributed by atoms with Gasteiger partial charge in [0.1, 0.15) is 12.4 Å². The molecule has 9 heteroatoms. The van der Waals surface area contributed by atoms with Gasteiger partial charge in [-0.05, 0) is 50.2 Å². The number of nitrogens with zero attached hydrogens (tertiary/aromatic N) is 2. The Morgan fingerprint density at radius 2 is 1.62 bits per heavy atom. The maximum atomic E-state index is 12.8. The van der Waals surface area contributed by atoms with Gasteiger partial charge in [-0.25, -0.2) is 0 Å². The van der Waals surface area contributed by atoms with E-state index in [1.54, 1.807) is 46.2 Å². The Labute approximate surface area is 198 Å². The van der Waals surface area contributed by atoms with Crippen molar-refractivity contribution in [1.29, 1.82) is 0 Å². The van der Waals surface area contributed by atoms with Crippen molar-refractivity contribution < 1.29 is 28.6 Å². The van der Waals surface area contributed by atoms with E-state index in [0.717, 1.165) is 0 Å². The van der Waals surface area contributed by atoms with Crippen LogP contribution in [0.1, 0.15) is 24.2 Å². The lowest BCUT2D eigenvalue weighted by atomic mass is 10.2. The van der Waals surface area contributed by atoms with E-state index in [1.165, 1.54) is 0 Å². The van der Waals surface area contributed by atoms with Crippen molar-refractivity contribution in [3.63, 3.8) is 0 Å². The third-order valence-electron chi connectivity index (χ3n) is 5.62. The van der Waals surface area contributed by atoms with Gasteiger partial charge in [0, 0.05) is 31.7 Å². The monoisotopic (exact) mass is 467 g/mol. The van der Waals surface area contributed by atoms with Crippen LogP contribution in [0.2, 0.25) is 0 Å². The summed E-state index contributed by atoms with van der Waals surface area (Å²) in [5, 5.41) is 2.66. The van der Waals surface area contributed by atoms with Crippen molar-refractivity contribution >= 4 is 17.7 Å². The predicted octanol–water partition coefficient (Wildman–Crippen LogP) is 1.71. The zero-order valence-electron chi connectivity index (χ0n) is 19.4. The Morgan fingerprint density at radius 1 is 0.971 bits per heavy atom. The maximum Gasteiger partial charge on any atom is 0.267 e. The molecule has 9 nitrogen and oxygen atoms in total. The van der Waals surface area contributed by atoms with Crippen molar-refractivity contribution in [2.45, 2.75) is 26.1 Å². The first-order chi connectivity index (χ1) is 16.4. The number of piperazine rings is 1. The van der Waals surface area contributed by atoms with Crippen LogP contribution < -0.4 is 19.5 Å². The minimum atomic E-state index is -0.700. The second-order valence-electron chi connectivity index (χ2n) is 8.44. The van der Waals surface area contributed by atoms with Crippen molar-refractivity contribution in [2.24, 2.45) is 0 Å². The number of nitrogens with one attached hydrogen (secondary N) is 1. The van der Waals surface area contributed by atoms with E-state index >= 15 is 0 Å². The average Bonchev–Trinajstić information content (AvgIpc) is 2.86. The number of hydrogen-bond acceptors (Lipinski definition) is 6. The first kappa shape index (κ1) is 23.4. The highest BCUT2D eigenvalue weighted by Gasteiger charge is 2.33. The summed E-state index contributed by atoms with van der Waals surface area (Å²) < 4.78 is 17.0. The molecule has 0 radical (unpaired) electrons. The molecule has 0 saturated carbocycles. The smallest absolute Gasteiger partial charge is 0.267 e. The molecule has 34 heavy (non-hydrogen) atoms. The Kier molecular flexibility index (Phi) is 7.20. The predicted molar refractivity (Wildman–Crippen MR) is 124 cm³/mol. The van der Waals surface area contributed by atoms with Gasteiger partial charge in [0.25, 0.3) is 11.8 Å². The molecule has 0 bridgehead atoms. The van der Waals surface area contributed by atoms with Crippen molar-refractivity contribution in [3.8, 4) is 17.2 Å². The molecule has 4 rings (SSSR count). The molecular weight excluding hydrogens is 438 g/mol. The highest BCUT2D eigenvalue weighted by atomic mass is 16.6. The molecular formula is C25H29N3O6. The minimum Gasteiger partial charge on any atom is -0.491 e. The van der Waals surface area contributed by atoms with Gasteiger partial charge in [0.05, 0.1) is 12.6 Å². The first-order valence-corrected chi connectivity index (χ1v) is 11.4. The van der Waals surface area contributed by atoms with Crippen LogP contribution in [-0.4, -0.2) is 79.1 Å². The number of para-hydroxylation sites is 2. The Bertz CT molecular complexity index is 1030. The number of rotatable bonds is 6. The molecule has 2 aliphatic rings. The summed E-state index contributed by atoms with van der Waals surface area (Å²) >= 11 is 0. The van der Waals surface area contributed by atoms with Crippen LogP contribution in [0.5, 0.6) is 17.2 Å². The van der Waals surface area contributed by atoms with Gasteiger partial charge >= 0.3 is 0 Å². The fourth-order valence-electron chi connectivity index (χ4n) is 3.85. The molecule has 2 aromatic carbocycles. The molecule has 2 heterocycles. The Hall–Kier alpha value is -3.75. The van der Waals surface area contributed by atoms with Gasteiger partial charge in [-0.15, -0.1) is 0 Å². The molecule has 1 N–H and O–H groups in total. The largest absolute Gasteiger partial charge is 0.491 e. The quantitative estimate of drug-likeness (QED) is 0.695. The van der Waals surface area contributed by atoms with Crippen LogP contribution in [0.4, 0.5) is 0 Å². The molecule has 0 aliphatic carbocycles. The second kappa shape index (κ2) is 10.5. The SMILES string of the molecule is CC(C)Oc1ccc(C(=O)NCC(=O)N2CCN(C(=O)C3COc4ccccc4O3)CC2)cc1. The van der Waals surface area contributed by atoms with Gasteiger partial charge < -0.3 is 29.3 Å². The summed E-state index contributed by atoms with van der Waals surface area (Å²) in [7, 11) is 0. The van der Waals surface area contributed by atoms with Crippen LogP contribution in [0.25, 0.3) is 0 Å². The van der Waals surface area contributed by atoms with E-state index in [0.29, 0.717) is 49.0 Å². The van der Waals surface area contributed by atoms with E-state index in [4.69, 9.17) is 14.2 Å². The zero-order chi connectivity index (χ0) is 24.1. The fraction of sp³-hybridized carbons (Fsp3) is 0.400. The number of amides is 3. The highest BCUT2D eigenvalue weighted by molar-refractivity contribution is 5.96. The van der Waals surface area contributed by atoms with Gasteiger partial charge in [-0.2, -0.15) is 0 Å². The van der Waals surface area contributed by atoms with E-state index in [2.05, 4.69) is 5.32 Å². The number of fused-ring (bicyclic) bond motifs is 1. The van der Waals surface area contributed by atoms with Crippen LogP contribution in [0.15, 0.2) is 48.5 Å². The van der Waals surface area contributed by atoms with E-state index in [9.17, 15) is 14.4 Å². The molecule has 2 aromatic rings. The molecule has 180 valence electrons. The lowest BCUT2D eigenvalue weighted by Crippen LogP contribution is -2.56. The minimum absolute atomic E-state index is 0.0494. The number of benzene rings is 2. The molecule has 1 saturated heterocycles. The normalized spacial score (nSPS) is 17.3. The fourth-order valence-corrected chi connectivity index (χ4v) is 3.85. The third-order valence-corrected chi connectivity index (χ3v) is 5.62. The van der Waals surface area contributed by atoms with Crippen LogP contribution in [0, 0.1) is 0 Å². The summed E-state index contributed by atoms with van der Waals surface area (Å²) in [6.07, 6.45) is -0.651. The summed E-state index contributed by atoms with van der Waals surface area (Å²) in [5.74, 6) is 1.20. The molecule has 2 aliphatic heterocycles. The Balaban J connectivity index is 1.21. The Morgan fingerprint density at radius 3 is 2.29 bits per heavy atom. The second-order valence-corrected chi connectivity index (χ2v) is 8.44. The average molecular weight is 468 g/mol. The summed E-state index contributed by atoms with van der Waals surface area (Å²) in [4.78, 5) is 41.1. The van der Waals surface area contributed by atoms with E-state index in [1.807, 2.05) is 26.0 Å². The summed E-state index contributed by atoms with van der Waals surface area (Å²) in [6, 6.07) is 14.0. The van der Waals surface area contributed by atoms with Gasteiger partial charge in [-0.1, -0.05) is 12.1 Å². The maximum absolute atomic E-state index is 12.8. The van der Waals surface area contributed by atoms with Gasteiger partial charge in [-0.3, -0.25) is 14.4 Å². The van der Waals surface area contributed by atoms with Crippen molar-refractivity contribution in [3.05, 3.63) is 54.1 Å². The molecule has 1 unspecified atom stereocenters. The molecule has 0 spiro atoms. The van der Waals surface area contributed by atoms with Crippen molar-refractivity contribution in [1.82, 2.24) is 15.1 Å². The first-order valence-electron chi connectivity index (χ1n) is 11.4. The number of carbonyl (C=O) groups excluding carboxylic acids is 3. The van der Waals surface area contributed by atoms with Crippen LogP contribution in [-0.2, 0) is 9.59 Å². The summed E-state index contributed by atoms with van der Waals surface area (Å²) in [5.41, 5.74) is 0.454.